The Hall–Kier alpha value is -1.18. The van der Waals surface area contributed by atoms with Gasteiger partial charge in [-0.1, -0.05) is 20.3 Å². The van der Waals surface area contributed by atoms with Gasteiger partial charge < -0.3 is 0 Å². The lowest BCUT2D eigenvalue weighted by atomic mass is 9.77. The van der Waals surface area contributed by atoms with Gasteiger partial charge in [0.1, 0.15) is 5.82 Å². The third kappa shape index (κ3) is 2.41. The van der Waals surface area contributed by atoms with Crippen LogP contribution >= 0.6 is 0 Å². The number of benzene rings is 1. The van der Waals surface area contributed by atoms with Gasteiger partial charge in [-0.3, -0.25) is 4.79 Å². The third-order valence-electron chi connectivity index (χ3n) is 3.90. The van der Waals surface area contributed by atoms with Crippen molar-refractivity contribution in [2.24, 2.45) is 11.3 Å². The number of carbonyl (C=O) groups is 1. The molecule has 2 heteroatoms. The maximum Gasteiger partial charge on any atom is 0.166 e. The van der Waals surface area contributed by atoms with E-state index in [0.717, 1.165) is 24.8 Å². The molecule has 1 unspecified atom stereocenters. The Morgan fingerprint density at radius 3 is 2.59 bits per heavy atom. The van der Waals surface area contributed by atoms with E-state index in [0.29, 0.717) is 5.56 Å². The molecule has 1 saturated carbocycles. The van der Waals surface area contributed by atoms with Crippen LogP contribution in [0.1, 0.15) is 49.0 Å². The zero-order chi connectivity index (χ0) is 12.6. The first-order valence-corrected chi connectivity index (χ1v) is 6.21. The fourth-order valence-electron chi connectivity index (χ4n) is 2.89. The molecular formula is C15H19FO. The van der Waals surface area contributed by atoms with Gasteiger partial charge in [0.15, 0.2) is 5.78 Å². The van der Waals surface area contributed by atoms with Crippen LogP contribution in [0, 0.1) is 24.1 Å². The van der Waals surface area contributed by atoms with Crippen LogP contribution in [0.4, 0.5) is 4.39 Å². The van der Waals surface area contributed by atoms with Gasteiger partial charge in [0.25, 0.3) is 0 Å². The van der Waals surface area contributed by atoms with Crippen LogP contribution in [0.3, 0.4) is 0 Å². The molecule has 0 spiro atoms. The second-order valence-electron chi connectivity index (χ2n) is 5.81. The molecule has 0 N–H and O–H groups in total. The number of aryl methyl sites for hydroxylation is 1. The molecule has 1 aromatic carbocycles. The molecule has 0 heterocycles. The van der Waals surface area contributed by atoms with Gasteiger partial charge in [-0.15, -0.1) is 0 Å². The number of Topliss-reactive ketones (excluding diaryl/α,β-unsaturated/α-hetero) is 1. The number of hydrogen-bond acceptors (Lipinski definition) is 1. The Morgan fingerprint density at radius 2 is 2.06 bits per heavy atom. The minimum Gasteiger partial charge on any atom is -0.294 e. The van der Waals surface area contributed by atoms with Crippen LogP contribution in [0.2, 0.25) is 0 Å². The van der Waals surface area contributed by atoms with Crippen molar-refractivity contribution in [3.8, 4) is 0 Å². The molecule has 0 aliphatic heterocycles. The summed E-state index contributed by atoms with van der Waals surface area (Å²) >= 11 is 0. The first-order valence-electron chi connectivity index (χ1n) is 6.21. The Morgan fingerprint density at radius 1 is 1.35 bits per heavy atom. The minimum atomic E-state index is -0.316. The summed E-state index contributed by atoms with van der Waals surface area (Å²) in [4.78, 5) is 12.4. The number of halogens is 1. The van der Waals surface area contributed by atoms with Gasteiger partial charge in [-0.05, 0) is 48.9 Å². The van der Waals surface area contributed by atoms with Gasteiger partial charge in [-0.25, -0.2) is 4.39 Å². The molecule has 92 valence electrons. The predicted molar refractivity (Wildman–Crippen MR) is 66.6 cm³/mol. The van der Waals surface area contributed by atoms with Crippen LogP contribution in [-0.2, 0) is 0 Å². The molecule has 0 bridgehead atoms. The first kappa shape index (κ1) is 12.3. The molecule has 1 atom stereocenters. The molecule has 0 radical (unpaired) electrons. The van der Waals surface area contributed by atoms with Crippen LogP contribution < -0.4 is 0 Å². The fourth-order valence-corrected chi connectivity index (χ4v) is 2.89. The molecule has 17 heavy (non-hydrogen) atoms. The van der Waals surface area contributed by atoms with Crippen LogP contribution in [0.15, 0.2) is 18.2 Å². The van der Waals surface area contributed by atoms with Crippen molar-refractivity contribution in [3.63, 3.8) is 0 Å². The van der Waals surface area contributed by atoms with E-state index < -0.39 is 0 Å². The van der Waals surface area contributed by atoms with Gasteiger partial charge >= 0.3 is 0 Å². The Kier molecular flexibility index (Phi) is 3.07. The van der Waals surface area contributed by atoms with Crippen LogP contribution in [0.25, 0.3) is 0 Å². The third-order valence-corrected chi connectivity index (χ3v) is 3.90. The highest BCUT2D eigenvalue weighted by Gasteiger charge is 2.39. The molecule has 1 fully saturated rings. The van der Waals surface area contributed by atoms with Crippen molar-refractivity contribution in [2.45, 2.75) is 40.0 Å². The number of hydrogen-bond donors (Lipinski definition) is 0. The van der Waals surface area contributed by atoms with Crippen molar-refractivity contribution in [2.75, 3.05) is 0 Å². The smallest absolute Gasteiger partial charge is 0.166 e. The van der Waals surface area contributed by atoms with E-state index in [2.05, 4.69) is 13.8 Å². The topological polar surface area (TPSA) is 17.1 Å². The van der Waals surface area contributed by atoms with E-state index in [1.807, 2.05) is 6.92 Å². The quantitative estimate of drug-likeness (QED) is 0.703. The summed E-state index contributed by atoms with van der Waals surface area (Å²) in [6, 6.07) is 4.61. The summed E-state index contributed by atoms with van der Waals surface area (Å²) in [6.45, 7) is 6.09. The van der Waals surface area contributed by atoms with Crippen molar-refractivity contribution in [1.29, 1.82) is 0 Å². The summed E-state index contributed by atoms with van der Waals surface area (Å²) in [7, 11) is 0. The number of rotatable bonds is 2. The van der Waals surface area contributed by atoms with E-state index >= 15 is 0 Å². The average molecular weight is 234 g/mol. The molecule has 1 nitrogen and oxygen atoms in total. The lowest BCUT2D eigenvalue weighted by Crippen LogP contribution is -2.26. The number of ketones is 1. The standard InChI is InChI=1S/C15H19FO/c1-10-7-11(9-12(16)8-10)14(17)13-5-4-6-15(13,2)3/h7-9,13H,4-6H2,1-3H3. The van der Waals surface area contributed by atoms with Crippen LogP contribution in [-0.4, -0.2) is 5.78 Å². The molecule has 1 aliphatic carbocycles. The summed E-state index contributed by atoms with van der Waals surface area (Å²) in [5, 5.41) is 0. The summed E-state index contributed by atoms with van der Waals surface area (Å²) in [6.07, 6.45) is 3.11. The van der Waals surface area contributed by atoms with Gasteiger partial charge in [0, 0.05) is 11.5 Å². The normalized spacial score (nSPS) is 22.7. The van der Waals surface area contributed by atoms with E-state index in [1.165, 1.54) is 12.1 Å². The fraction of sp³-hybridized carbons (Fsp3) is 0.533. The molecule has 1 aliphatic rings. The molecule has 2 rings (SSSR count). The van der Waals surface area contributed by atoms with Crippen molar-refractivity contribution >= 4 is 5.78 Å². The van der Waals surface area contributed by atoms with Crippen molar-refractivity contribution < 1.29 is 9.18 Å². The predicted octanol–water partition coefficient (Wildman–Crippen LogP) is 4.14. The maximum atomic E-state index is 13.3. The first-order chi connectivity index (χ1) is 7.90. The highest BCUT2D eigenvalue weighted by Crippen LogP contribution is 2.44. The van der Waals surface area contributed by atoms with Crippen LogP contribution in [0.5, 0.6) is 0 Å². The molecule has 0 amide bonds. The van der Waals surface area contributed by atoms with Gasteiger partial charge in [-0.2, -0.15) is 0 Å². The number of carbonyl (C=O) groups excluding carboxylic acids is 1. The molecule has 1 aromatic rings. The second-order valence-corrected chi connectivity index (χ2v) is 5.81. The Balaban J connectivity index is 2.31. The van der Waals surface area contributed by atoms with E-state index in [-0.39, 0.29) is 22.9 Å². The monoisotopic (exact) mass is 234 g/mol. The Bertz CT molecular complexity index is 428. The van der Waals surface area contributed by atoms with E-state index in [4.69, 9.17) is 0 Å². The van der Waals surface area contributed by atoms with E-state index in [9.17, 15) is 9.18 Å². The highest BCUT2D eigenvalue weighted by molar-refractivity contribution is 5.98. The lowest BCUT2D eigenvalue weighted by molar-refractivity contribution is 0.0838. The van der Waals surface area contributed by atoms with E-state index in [1.54, 1.807) is 6.07 Å². The summed E-state index contributed by atoms with van der Waals surface area (Å²) < 4.78 is 13.3. The van der Waals surface area contributed by atoms with Gasteiger partial charge in [0.05, 0.1) is 0 Å². The zero-order valence-corrected chi connectivity index (χ0v) is 10.7. The maximum absolute atomic E-state index is 13.3. The van der Waals surface area contributed by atoms with Gasteiger partial charge in [0.2, 0.25) is 0 Å². The Labute approximate surface area is 102 Å². The SMILES string of the molecule is Cc1cc(F)cc(C(=O)C2CCCC2(C)C)c1. The van der Waals surface area contributed by atoms with Crippen molar-refractivity contribution in [3.05, 3.63) is 35.1 Å². The minimum absolute atomic E-state index is 0.0451. The molecule has 0 saturated heterocycles. The summed E-state index contributed by atoms with van der Waals surface area (Å²) in [5.41, 5.74) is 1.39. The summed E-state index contributed by atoms with van der Waals surface area (Å²) in [5.74, 6) is -0.164. The zero-order valence-electron chi connectivity index (χ0n) is 10.7. The largest absolute Gasteiger partial charge is 0.294 e. The molecular weight excluding hydrogens is 215 g/mol. The second kappa shape index (κ2) is 4.25. The molecule has 0 aromatic heterocycles. The van der Waals surface area contributed by atoms with Crippen molar-refractivity contribution in [1.82, 2.24) is 0 Å². The highest BCUT2D eigenvalue weighted by atomic mass is 19.1. The average Bonchev–Trinajstić information content (AvgIpc) is 2.55. The lowest BCUT2D eigenvalue weighted by Gasteiger charge is -2.25.